The summed E-state index contributed by atoms with van der Waals surface area (Å²) in [5.41, 5.74) is 2.39. The number of nitrogens with zero attached hydrogens (tertiary/aromatic N) is 2. The molecule has 8 nitrogen and oxygen atoms in total. The lowest BCUT2D eigenvalue weighted by Gasteiger charge is -2.29. The Hall–Kier alpha value is -3.21. The first-order valence-corrected chi connectivity index (χ1v) is 8.62. The van der Waals surface area contributed by atoms with E-state index in [4.69, 9.17) is 24.4 Å². The Labute approximate surface area is 157 Å². The molecule has 0 bridgehead atoms. The predicted molar refractivity (Wildman–Crippen MR) is 98.0 cm³/mol. The van der Waals surface area contributed by atoms with E-state index >= 15 is 0 Å². The number of aromatic amines is 1. The summed E-state index contributed by atoms with van der Waals surface area (Å²) in [5.74, 6) is 0.499. The number of aromatic nitrogens is 2. The topological polar surface area (TPSA) is 113 Å². The van der Waals surface area contributed by atoms with Gasteiger partial charge in [-0.25, -0.2) is 0 Å². The van der Waals surface area contributed by atoms with Gasteiger partial charge in [0, 0.05) is 28.8 Å². The van der Waals surface area contributed by atoms with Gasteiger partial charge < -0.3 is 18.9 Å². The molecule has 0 radical (unpaired) electrons. The van der Waals surface area contributed by atoms with E-state index in [0.717, 1.165) is 29.7 Å². The average molecular weight is 370 g/mol. The van der Waals surface area contributed by atoms with Crippen LogP contribution in [0.1, 0.15) is 36.1 Å². The molecule has 3 rings (SSSR count). The number of hydrogen-bond acceptors (Lipinski definition) is 7. The van der Waals surface area contributed by atoms with E-state index in [1.54, 1.807) is 33.5 Å². The largest absolute Gasteiger partial charge is 0.496 e. The second kappa shape index (κ2) is 7.58. The second-order valence-corrected chi connectivity index (χ2v) is 6.17. The lowest BCUT2D eigenvalue weighted by molar-refractivity contribution is 0.345. The lowest BCUT2D eigenvalue weighted by atomic mass is 9.78. The van der Waals surface area contributed by atoms with E-state index in [2.05, 4.69) is 23.2 Å². The quantitative estimate of drug-likeness (QED) is 0.808. The zero-order valence-electron chi connectivity index (χ0n) is 15.8. The van der Waals surface area contributed by atoms with Gasteiger partial charge in [0.05, 0.1) is 27.4 Å². The molecule has 1 aromatic heterocycles. The molecule has 0 saturated heterocycles. The summed E-state index contributed by atoms with van der Waals surface area (Å²) in [4.78, 5) is 0. The van der Waals surface area contributed by atoms with Crippen LogP contribution in [0.4, 0.5) is 0 Å². The van der Waals surface area contributed by atoms with Gasteiger partial charge in [-0.15, -0.1) is 5.10 Å². The molecule has 1 aliphatic rings. The van der Waals surface area contributed by atoms with Gasteiger partial charge in [0.25, 0.3) is 0 Å². The van der Waals surface area contributed by atoms with Crippen LogP contribution in [0.25, 0.3) is 0 Å². The van der Waals surface area contributed by atoms with Gasteiger partial charge in [-0.3, -0.25) is 10.5 Å². The lowest BCUT2D eigenvalue weighted by Crippen LogP contribution is -2.31. The highest BCUT2D eigenvalue weighted by molar-refractivity contribution is 5.85. The minimum atomic E-state index is -0.808. The van der Waals surface area contributed by atoms with Crippen LogP contribution in [-0.2, 0) is 6.42 Å². The minimum Gasteiger partial charge on any atom is -0.496 e. The molecule has 2 unspecified atom stereocenters. The van der Waals surface area contributed by atoms with E-state index < -0.39 is 11.8 Å². The van der Waals surface area contributed by atoms with Crippen molar-refractivity contribution in [3.8, 4) is 29.2 Å². The standard InChI is InChI=1S/C19H22N4O4/c1-5-6-12-17-16(11(9-20)18(21)27-19(17)23-22-12)10-7-14(25-3)15(26-4)8-13(10)24-2/h7-8,11,16,21H,5-6H2,1-4H3,(H,22,23). The molecule has 2 heterocycles. The van der Waals surface area contributed by atoms with Gasteiger partial charge in [-0.05, 0) is 12.5 Å². The van der Waals surface area contributed by atoms with Crippen molar-refractivity contribution in [1.82, 2.24) is 10.2 Å². The molecule has 0 saturated carbocycles. The van der Waals surface area contributed by atoms with Crippen LogP contribution in [0, 0.1) is 22.7 Å². The maximum atomic E-state index is 9.77. The summed E-state index contributed by atoms with van der Waals surface area (Å²) >= 11 is 0. The van der Waals surface area contributed by atoms with E-state index in [-0.39, 0.29) is 5.90 Å². The van der Waals surface area contributed by atoms with Crippen molar-refractivity contribution < 1.29 is 18.9 Å². The number of H-pyrrole nitrogens is 1. The molecule has 2 N–H and O–H groups in total. The first-order chi connectivity index (χ1) is 13.1. The SMILES string of the molecule is CCCc1[nH]nc2c1C(c1cc(OC)c(OC)cc1OC)C(C#N)C(=N)O2. The molecule has 2 atom stereocenters. The van der Waals surface area contributed by atoms with Crippen molar-refractivity contribution in [2.75, 3.05) is 21.3 Å². The third-order valence-corrected chi connectivity index (χ3v) is 4.69. The van der Waals surface area contributed by atoms with E-state index in [1.807, 2.05) is 0 Å². The van der Waals surface area contributed by atoms with Gasteiger partial charge >= 0.3 is 0 Å². The number of ether oxygens (including phenoxy) is 4. The van der Waals surface area contributed by atoms with Crippen LogP contribution >= 0.6 is 0 Å². The summed E-state index contributed by atoms with van der Waals surface area (Å²) in [6.45, 7) is 2.06. The number of fused-ring (bicyclic) bond motifs is 1. The number of benzene rings is 1. The smallest absolute Gasteiger partial charge is 0.243 e. The summed E-state index contributed by atoms with van der Waals surface area (Å²) < 4.78 is 21.9. The molecule has 0 fully saturated rings. The number of methoxy groups -OCH3 is 3. The second-order valence-electron chi connectivity index (χ2n) is 6.17. The van der Waals surface area contributed by atoms with Crippen LogP contribution in [0.2, 0.25) is 0 Å². The maximum absolute atomic E-state index is 9.77. The number of aryl methyl sites for hydroxylation is 1. The van der Waals surface area contributed by atoms with Crippen molar-refractivity contribution in [3.05, 3.63) is 29.0 Å². The Balaban J connectivity index is 2.27. The Morgan fingerprint density at radius 2 is 1.85 bits per heavy atom. The number of hydrogen-bond donors (Lipinski definition) is 2. The van der Waals surface area contributed by atoms with Gasteiger partial charge in [-0.1, -0.05) is 13.3 Å². The summed E-state index contributed by atoms with van der Waals surface area (Å²) in [6, 6.07) is 5.71. The van der Waals surface area contributed by atoms with Gasteiger partial charge in [-0.2, -0.15) is 5.26 Å². The Bertz CT molecular complexity index is 900. The van der Waals surface area contributed by atoms with Gasteiger partial charge in [0.15, 0.2) is 11.5 Å². The normalized spacial score (nSPS) is 18.3. The monoisotopic (exact) mass is 370 g/mol. The zero-order chi connectivity index (χ0) is 19.6. The fourth-order valence-corrected chi connectivity index (χ4v) is 3.46. The maximum Gasteiger partial charge on any atom is 0.243 e. The fraction of sp³-hybridized carbons (Fsp3) is 0.421. The highest BCUT2D eigenvalue weighted by Crippen LogP contribution is 2.48. The van der Waals surface area contributed by atoms with Crippen LogP contribution in [0.5, 0.6) is 23.1 Å². The van der Waals surface area contributed by atoms with Gasteiger partial charge in [0.1, 0.15) is 11.7 Å². The molecule has 2 aromatic rings. The van der Waals surface area contributed by atoms with Crippen LogP contribution in [0.15, 0.2) is 12.1 Å². The zero-order valence-corrected chi connectivity index (χ0v) is 15.8. The van der Waals surface area contributed by atoms with Gasteiger partial charge in [0.2, 0.25) is 11.8 Å². The van der Waals surface area contributed by atoms with Crippen molar-refractivity contribution in [2.24, 2.45) is 5.92 Å². The molecule has 1 aliphatic heterocycles. The number of nitriles is 1. The predicted octanol–water partition coefficient (Wildman–Crippen LogP) is 3.03. The molecule has 0 amide bonds. The molecular formula is C19H22N4O4. The molecule has 0 aliphatic carbocycles. The molecule has 1 aromatic carbocycles. The molecular weight excluding hydrogens is 348 g/mol. The van der Waals surface area contributed by atoms with Crippen molar-refractivity contribution in [3.63, 3.8) is 0 Å². The Morgan fingerprint density at radius 3 is 2.44 bits per heavy atom. The number of nitrogens with one attached hydrogen (secondary N) is 2. The van der Waals surface area contributed by atoms with Crippen LogP contribution < -0.4 is 18.9 Å². The van der Waals surface area contributed by atoms with Crippen molar-refractivity contribution in [2.45, 2.75) is 25.7 Å². The fourth-order valence-electron chi connectivity index (χ4n) is 3.46. The first kappa shape index (κ1) is 18.6. The van der Waals surface area contributed by atoms with Crippen molar-refractivity contribution in [1.29, 1.82) is 10.7 Å². The first-order valence-electron chi connectivity index (χ1n) is 8.62. The van der Waals surface area contributed by atoms with Crippen LogP contribution in [0.3, 0.4) is 0 Å². The summed E-state index contributed by atoms with van der Waals surface area (Å²) in [6.07, 6.45) is 1.66. The summed E-state index contributed by atoms with van der Waals surface area (Å²) in [7, 11) is 4.65. The van der Waals surface area contributed by atoms with E-state index in [9.17, 15) is 5.26 Å². The Kier molecular flexibility index (Phi) is 5.21. The van der Waals surface area contributed by atoms with Crippen molar-refractivity contribution >= 4 is 5.90 Å². The van der Waals surface area contributed by atoms with E-state index in [0.29, 0.717) is 23.1 Å². The third kappa shape index (κ3) is 3.05. The molecule has 0 spiro atoms. The highest BCUT2D eigenvalue weighted by Gasteiger charge is 2.42. The van der Waals surface area contributed by atoms with E-state index in [1.165, 1.54) is 0 Å². The average Bonchev–Trinajstić information content (AvgIpc) is 3.08. The third-order valence-electron chi connectivity index (χ3n) is 4.69. The highest BCUT2D eigenvalue weighted by atomic mass is 16.5. The number of rotatable bonds is 6. The molecule has 27 heavy (non-hydrogen) atoms. The minimum absolute atomic E-state index is 0.138. The Morgan fingerprint density at radius 1 is 1.19 bits per heavy atom. The molecule has 142 valence electrons. The summed E-state index contributed by atoms with van der Waals surface area (Å²) in [5, 5.41) is 25.1. The molecule has 8 heteroatoms. The van der Waals surface area contributed by atoms with Crippen LogP contribution in [-0.4, -0.2) is 37.4 Å².